The summed E-state index contributed by atoms with van der Waals surface area (Å²) in [6, 6.07) is 4.15. The van der Waals surface area contributed by atoms with Crippen LogP contribution in [-0.2, 0) is 9.53 Å². The average Bonchev–Trinajstić information content (AvgIpc) is 2.85. The molecular formula is C14H16N2O6. The number of carbonyl (C=O) groups excluding carboxylic acids is 1. The first-order valence-corrected chi connectivity index (χ1v) is 6.70. The Hall–Kier alpha value is -2.48. The third-order valence-electron chi connectivity index (χ3n) is 3.64. The number of benzene rings is 1. The Balaban J connectivity index is 2.22. The molecule has 1 aromatic rings. The first kappa shape index (κ1) is 15.9. The lowest BCUT2D eigenvalue weighted by Gasteiger charge is -2.27. The predicted octanol–water partition coefficient (Wildman–Crippen LogP) is 1.27. The van der Waals surface area contributed by atoms with E-state index in [1.54, 1.807) is 6.92 Å². The average molecular weight is 308 g/mol. The van der Waals surface area contributed by atoms with E-state index in [0.717, 1.165) is 0 Å². The van der Waals surface area contributed by atoms with Crippen LogP contribution in [0.25, 0.3) is 0 Å². The SMILES string of the molecule is Cc1ccc(C(=O)NC2(CC(=O)O)CCOC2)cc1[N+](=O)[O-]. The van der Waals surface area contributed by atoms with Crippen molar-refractivity contribution in [1.82, 2.24) is 5.32 Å². The van der Waals surface area contributed by atoms with Crippen LogP contribution in [-0.4, -0.2) is 40.7 Å². The van der Waals surface area contributed by atoms with Gasteiger partial charge in [0.25, 0.3) is 11.6 Å². The van der Waals surface area contributed by atoms with Gasteiger partial charge >= 0.3 is 5.97 Å². The zero-order valence-corrected chi connectivity index (χ0v) is 12.0. The summed E-state index contributed by atoms with van der Waals surface area (Å²) in [6.07, 6.45) is 0.131. The fourth-order valence-corrected chi connectivity index (χ4v) is 2.44. The molecule has 1 aliphatic rings. The fourth-order valence-electron chi connectivity index (χ4n) is 2.44. The molecule has 0 bridgehead atoms. The molecule has 1 atom stereocenters. The molecule has 1 amide bonds. The van der Waals surface area contributed by atoms with Gasteiger partial charge in [0, 0.05) is 23.8 Å². The summed E-state index contributed by atoms with van der Waals surface area (Å²) >= 11 is 0. The van der Waals surface area contributed by atoms with Gasteiger partial charge in [0.2, 0.25) is 0 Å². The number of nitro benzene ring substituents is 1. The van der Waals surface area contributed by atoms with Crippen LogP contribution < -0.4 is 5.32 Å². The minimum absolute atomic E-state index is 0.110. The van der Waals surface area contributed by atoms with Crippen LogP contribution in [0.15, 0.2) is 18.2 Å². The lowest BCUT2D eigenvalue weighted by Crippen LogP contribution is -2.50. The van der Waals surface area contributed by atoms with Gasteiger partial charge in [-0.25, -0.2) is 0 Å². The second-order valence-corrected chi connectivity index (χ2v) is 5.37. The van der Waals surface area contributed by atoms with Crippen LogP contribution in [0.3, 0.4) is 0 Å². The summed E-state index contributed by atoms with van der Waals surface area (Å²) in [7, 11) is 0. The van der Waals surface area contributed by atoms with E-state index >= 15 is 0 Å². The maximum atomic E-state index is 12.3. The van der Waals surface area contributed by atoms with Gasteiger partial charge in [-0.3, -0.25) is 19.7 Å². The van der Waals surface area contributed by atoms with Gasteiger partial charge in [0.05, 0.1) is 23.5 Å². The van der Waals surface area contributed by atoms with Crippen molar-refractivity contribution >= 4 is 17.6 Å². The van der Waals surface area contributed by atoms with Crippen molar-refractivity contribution in [3.8, 4) is 0 Å². The third kappa shape index (κ3) is 3.40. The number of aliphatic carboxylic acids is 1. The topological polar surface area (TPSA) is 119 Å². The number of aryl methyl sites for hydroxylation is 1. The Kier molecular flexibility index (Phi) is 4.41. The van der Waals surface area contributed by atoms with Crippen molar-refractivity contribution in [3.63, 3.8) is 0 Å². The van der Waals surface area contributed by atoms with Gasteiger partial charge in [-0.05, 0) is 19.4 Å². The molecule has 118 valence electrons. The lowest BCUT2D eigenvalue weighted by atomic mass is 9.93. The molecule has 0 radical (unpaired) electrons. The quantitative estimate of drug-likeness (QED) is 0.624. The molecule has 1 aliphatic heterocycles. The van der Waals surface area contributed by atoms with Crippen molar-refractivity contribution in [2.45, 2.75) is 25.3 Å². The molecule has 1 aromatic carbocycles. The molecule has 1 fully saturated rings. The van der Waals surface area contributed by atoms with Gasteiger partial charge in [-0.1, -0.05) is 6.07 Å². The molecule has 1 heterocycles. The number of hydrogen-bond acceptors (Lipinski definition) is 5. The van der Waals surface area contributed by atoms with Crippen LogP contribution >= 0.6 is 0 Å². The van der Waals surface area contributed by atoms with Crippen LogP contribution in [0.5, 0.6) is 0 Å². The maximum Gasteiger partial charge on any atom is 0.305 e. The largest absolute Gasteiger partial charge is 0.481 e. The van der Waals surface area contributed by atoms with E-state index in [4.69, 9.17) is 9.84 Å². The zero-order valence-electron chi connectivity index (χ0n) is 12.0. The number of rotatable bonds is 5. The second-order valence-electron chi connectivity index (χ2n) is 5.37. The Labute approximate surface area is 126 Å². The van der Waals surface area contributed by atoms with Gasteiger partial charge in [-0.2, -0.15) is 0 Å². The minimum Gasteiger partial charge on any atom is -0.481 e. The number of ether oxygens (including phenoxy) is 1. The molecule has 0 aromatic heterocycles. The van der Waals surface area contributed by atoms with E-state index in [0.29, 0.717) is 18.6 Å². The van der Waals surface area contributed by atoms with Crippen molar-refractivity contribution in [2.75, 3.05) is 13.2 Å². The number of carboxylic acids is 1. The maximum absolute atomic E-state index is 12.3. The molecule has 2 rings (SSSR count). The molecule has 0 saturated carbocycles. The third-order valence-corrected chi connectivity index (χ3v) is 3.64. The zero-order chi connectivity index (χ0) is 16.3. The number of carboxylic acid groups (broad SMARTS) is 1. The number of nitrogens with zero attached hydrogens (tertiary/aromatic N) is 1. The number of hydrogen-bond donors (Lipinski definition) is 2. The number of amides is 1. The summed E-state index contributed by atoms with van der Waals surface area (Å²) < 4.78 is 5.19. The molecule has 1 saturated heterocycles. The number of nitro groups is 1. The molecule has 2 N–H and O–H groups in total. The van der Waals surface area contributed by atoms with Crippen molar-refractivity contribution in [3.05, 3.63) is 39.4 Å². The standard InChI is InChI=1S/C14H16N2O6/c1-9-2-3-10(6-11(9)16(20)21)13(19)15-14(7-12(17)18)4-5-22-8-14/h2-3,6H,4-5,7-8H2,1H3,(H,15,19)(H,17,18). The van der Waals surface area contributed by atoms with E-state index in [1.165, 1.54) is 18.2 Å². The first-order chi connectivity index (χ1) is 10.3. The van der Waals surface area contributed by atoms with Gasteiger partial charge < -0.3 is 15.2 Å². The van der Waals surface area contributed by atoms with Crippen molar-refractivity contribution < 1.29 is 24.4 Å². The van der Waals surface area contributed by atoms with Crippen LogP contribution in [0, 0.1) is 17.0 Å². The Morgan fingerprint density at radius 2 is 2.23 bits per heavy atom. The summed E-state index contributed by atoms with van der Waals surface area (Å²) in [5.41, 5.74) is -0.551. The van der Waals surface area contributed by atoms with E-state index < -0.39 is 22.3 Å². The van der Waals surface area contributed by atoms with Crippen molar-refractivity contribution in [2.24, 2.45) is 0 Å². The summed E-state index contributed by atoms with van der Waals surface area (Å²) in [6.45, 7) is 2.05. The first-order valence-electron chi connectivity index (χ1n) is 6.70. The summed E-state index contributed by atoms with van der Waals surface area (Å²) in [5, 5.41) is 22.6. The second kappa shape index (κ2) is 6.10. The van der Waals surface area contributed by atoms with Gasteiger partial charge in [0.15, 0.2) is 0 Å². The monoisotopic (exact) mass is 308 g/mol. The smallest absolute Gasteiger partial charge is 0.305 e. The highest BCUT2D eigenvalue weighted by Gasteiger charge is 2.39. The Morgan fingerprint density at radius 3 is 2.77 bits per heavy atom. The number of nitrogens with one attached hydrogen (secondary N) is 1. The molecule has 1 unspecified atom stereocenters. The summed E-state index contributed by atoms with van der Waals surface area (Å²) in [5.74, 6) is -1.59. The van der Waals surface area contributed by atoms with Crippen LogP contribution in [0.4, 0.5) is 5.69 Å². The molecular weight excluding hydrogens is 292 g/mol. The molecule has 8 nitrogen and oxygen atoms in total. The Morgan fingerprint density at radius 1 is 1.50 bits per heavy atom. The molecule has 0 aliphatic carbocycles. The highest BCUT2D eigenvalue weighted by molar-refractivity contribution is 5.95. The number of carbonyl (C=O) groups is 2. The highest BCUT2D eigenvalue weighted by Crippen LogP contribution is 2.24. The van der Waals surface area contributed by atoms with E-state index in [2.05, 4.69) is 5.32 Å². The van der Waals surface area contributed by atoms with E-state index in [1.807, 2.05) is 0 Å². The van der Waals surface area contributed by atoms with Crippen LogP contribution in [0.1, 0.15) is 28.8 Å². The summed E-state index contributed by atoms with van der Waals surface area (Å²) in [4.78, 5) is 33.6. The predicted molar refractivity (Wildman–Crippen MR) is 75.7 cm³/mol. The highest BCUT2D eigenvalue weighted by atomic mass is 16.6. The normalized spacial score (nSPS) is 20.6. The van der Waals surface area contributed by atoms with Gasteiger partial charge in [-0.15, -0.1) is 0 Å². The molecule has 0 spiro atoms. The lowest BCUT2D eigenvalue weighted by molar-refractivity contribution is -0.385. The Bertz CT molecular complexity index is 622. The fraction of sp³-hybridized carbons (Fsp3) is 0.429. The molecule has 22 heavy (non-hydrogen) atoms. The minimum atomic E-state index is -1.04. The van der Waals surface area contributed by atoms with E-state index in [9.17, 15) is 19.7 Å². The van der Waals surface area contributed by atoms with Crippen LogP contribution in [0.2, 0.25) is 0 Å². The van der Waals surface area contributed by atoms with Crippen molar-refractivity contribution in [1.29, 1.82) is 0 Å². The van der Waals surface area contributed by atoms with Gasteiger partial charge in [0.1, 0.15) is 0 Å². The van der Waals surface area contributed by atoms with E-state index in [-0.39, 0.29) is 24.3 Å². The molecule has 8 heteroatoms.